The first-order chi connectivity index (χ1) is 13.7. The molecular formula is C20H21ClF2N2O4. The molecule has 0 aromatic heterocycles. The van der Waals surface area contributed by atoms with Gasteiger partial charge in [0.05, 0.1) is 10.6 Å². The summed E-state index contributed by atoms with van der Waals surface area (Å²) in [6, 6.07) is 0.628. The molecule has 1 aromatic rings. The molecule has 1 aromatic carbocycles. The minimum atomic E-state index is -1.26. The maximum Gasteiger partial charge on any atom is 0.340 e. The summed E-state index contributed by atoms with van der Waals surface area (Å²) in [5, 5.41) is 4.80. The summed E-state index contributed by atoms with van der Waals surface area (Å²) in [5.74, 6) is -2.46. The van der Waals surface area contributed by atoms with Gasteiger partial charge < -0.3 is 10.1 Å². The Morgan fingerprint density at radius 1 is 1.03 bits per heavy atom. The highest BCUT2D eigenvalue weighted by atomic mass is 35.5. The third-order valence-corrected chi connectivity index (χ3v) is 6.55. The van der Waals surface area contributed by atoms with Crippen molar-refractivity contribution in [2.24, 2.45) is 17.8 Å². The monoisotopic (exact) mass is 426 g/mol. The zero-order valence-corrected chi connectivity index (χ0v) is 16.4. The van der Waals surface area contributed by atoms with E-state index in [0.717, 1.165) is 19.3 Å². The van der Waals surface area contributed by atoms with Crippen LogP contribution in [0.5, 0.6) is 0 Å². The lowest BCUT2D eigenvalue weighted by atomic mass is 9.53. The Bertz CT molecular complexity index is 841. The first-order valence-electron chi connectivity index (χ1n) is 9.67. The number of rotatable bonds is 4. The first-order valence-corrected chi connectivity index (χ1v) is 10.0. The number of esters is 1. The molecule has 0 unspecified atom stereocenters. The van der Waals surface area contributed by atoms with Gasteiger partial charge in [0.15, 0.2) is 18.2 Å². The number of nitrogens with one attached hydrogen (secondary N) is 2. The zero-order valence-electron chi connectivity index (χ0n) is 15.6. The molecule has 156 valence electrons. The molecule has 4 saturated carbocycles. The molecule has 4 aliphatic rings. The van der Waals surface area contributed by atoms with Gasteiger partial charge in [-0.15, -0.1) is 0 Å². The van der Waals surface area contributed by atoms with Crippen LogP contribution in [-0.2, 0) is 9.53 Å². The van der Waals surface area contributed by atoms with Crippen molar-refractivity contribution < 1.29 is 27.9 Å². The van der Waals surface area contributed by atoms with Crippen molar-refractivity contribution in [3.8, 4) is 0 Å². The Hall–Kier alpha value is -2.22. The molecule has 2 N–H and O–H groups in total. The average molecular weight is 427 g/mol. The number of amides is 3. The molecule has 6 nitrogen and oxygen atoms in total. The summed E-state index contributed by atoms with van der Waals surface area (Å²) in [4.78, 5) is 36.2. The van der Waals surface area contributed by atoms with E-state index in [0.29, 0.717) is 29.9 Å². The minimum Gasteiger partial charge on any atom is -0.452 e. The second kappa shape index (κ2) is 7.55. The van der Waals surface area contributed by atoms with Gasteiger partial charge in [-0.3, -0.25) is 10.1 Å². The first kappa shape index (κ1) is 20.1. The van der Waals surface area contributed by atoms with Crippen LogP contribution in [0.15, 0.2) is 12.1 Å². The van der Waals surface area contributed by atoms with Crippen LogP contribution in [0.25, 0.3) is 0 Å². The van der Waals surface area contributed by atoms with E-state index in [1.165, 1.54) is 19.3 Å². The van der Waals surface area contributed by atoms with Crippen LogP contribution < -0.4 is 10.6 Å². The Kier molecular flexibility index (Phi) is 5.23. The van der Waals surface area contributed by atoms with Crippen LogP contribution in [0.2, 0.25) is 5.02 Å². The van der Waals surface area contributed by atoms with E-state index in [4.69, 9.17) is 16.3 Å². The molecule has 3 amide bonds. The second-order valence-electron chi connectivity index (χ2n) is 8.52. The average Bonchev–Trinajstić information content (AvgIpc) is 2.61. The molecule has 0 spiro atoms. The number of ether oxygens (including phenoxy) is 1. The molecule has 0 atom stereocenters. The summed E-state index contributed by atoms with van der Waals surface area (Å²) in [5.41, 5.74) is -0.661. The fraction of sp³-hybridized carbons (Fsp3) is 0.550. The van der Waals surface area contributed by atoms with Gasteiger partial charge in [0.1, 0.15) is 0 Å². The number of carbonyl (C=O) groups is 3. The van der Waals surface area contributed by atoms with Gasteiger partial charge in [-0.2, -0.15) is 0 Å². The molecule has 4 bridgehead atoms. The van der Waals surface area contributed by atoms with Gasteiger partial charge in [0.25, 0.3) is 5.91 Å². The number of urea groups is 1. The highest BCUT2D eigenvalue weighted by Crippen LogP contribution is 2.55. The van der Waals surface area contributed by atoms with E-state index in [1.807, 2.05) is 0 Å². The quantitative estimate of drug-likeness (QED) is 0.569. The molecule has 0 radical (unpaired) electrons. The van der Waals surface area contributed by atoms with E-state index < -0.39 is 41.7 Å². The predicted molar refractivity (Wildman–Crippen MR) is 99.2 cm³/mol. The van der Waals surface area contributed by atoms with Crippen LogP contribution in [0.3, 0.4) is 0 Å². The largest absolute Gasteiger partial charge is 0.452 e. The molecule has 9 heteroatoms. The third kappa shape index (κ3) is 4.22. The summed E-state index contributed by atoms with van der Waals surface area (Å²) >= 11 is 5.70. The Morgan fingerprint density at radius 3 is 2.17 bits per heavy atom. The molecule has 0 heterocycles. The third-order valence-electron chi connectivity index (χ3n) is 6.23. The number of halogens is 3. The molecule has 0 saturated heterocycles. The van der Waals surface area contributed by atoms with Crippen molar-refractivity contribution >= 4 is 29.5 Å². The fourth-order valence-corrected chi connectivity index (χ4v) is 5.81. The highest BCUT2D eigenvalue weighted by molar-refractivity contribution is 6.33. The standard InChI is InChI=1S/C20H21ClF2N2O4/c21-14-5-16(23)15(22)4-13(14)18(27)29-9-17(26)24-19(28)25-20-6-10-1-11(7-20)3-12(2-10)8-20/h4-5,10-12H,1-3,6-9H2,(H2,24,25,26,28). The SMILES string of the molecule is O=C(COC(=O)c1cc(F)c(F)cc1Cl)NC(=O)NC12CC3CC(CC(C3)C1)C2. The van der Waals surface area contributed by atoms with Gasteiger partial charge in [-0.1, -0.05) is 11.6 Å². The summed E-state index contributed by atoms with van der Waals surface area (Å²) in [7, 11) is 0. The number of benzene rings is 1. The summed E-state index contributed by atoms with van der Waals surface area (Å²) < 4.78 is 31.1. The highest BCUT2D eigenvalue weighted by Gasteiger charge is 2.51. The van der Waals surface area contributed by atoms with E-state index in [1.54, 1.807) is 0 Å². The van der Waals surface area contributed by atoms with Crippen molar-refractivity contribution in [2.45, 2.75) is 44.1 Å². The zero-order chi connectivity index (χ0) is 20.8. The molecule has 5 rings (SSSR count). The van der Waals surface area contributed by atoms with Gasteiger partial charge in [-0.25, -0.2) is 18.4 Å². The molecular weight excluding hydrogens is 406 g/mol. The molecule has 4 fully saturated rings. The minimum absolute atomic E-state index is 0.255. The normalized spacial score (nSPS) is 29.4. The van der Waals surface area contributed by atoms with Gasteiger partial charge in [0, 0.05) is 5.54 Å². The lowest BCUT2D eigenvalue weighted by Gasteiger charge is -2.56. The molecule has 4 aliphatic carbocycles. The van der Waals surface area contributed by atoms with Crippen molar-refractivity contribution in [3.63, 3.8) is 0 Å². The van der Waals surface area contributed by atoms with E-state index in [9.17, 15) is 23.2 Å². The predicted octanol–water partition coefficient (Wildman–Crippen LogP) is 3.57. The lowest BCUT2D eigenvalue weighted by Crippen LogP contribution is -2.62. The van der Waals surface area contributed by atoms with Crippen molar-refractivity contribution in [3.05, 3.63) is 34.4 Å². The van der Waals surface area contributed by atoms with Crippen LogP contribution in [0.1, 0.15) is 48.9 Å². The number of hydrogen-bond acceptors (Lipinski definition) is 4. The maximum absolute atomic E-state index is 13.3. The fourth-order valence-electron chi connectivity index (χ4n) is 5.59. The second-order valence-corrected chi connectivity index (χ2v) is 8.93. The van der Waals surface area contributed by atoms with Gasteiger partial charge >= 0.3 is 12.0 Å². The summed E-state index contributed by atoms with van der Waals surface area (Å²) in [6.45, 7) is -0.748. The number of hydrogen-bond donors (Lipinski definition) is 2. The van der Waals surface area contributed by atoms with Crippen molar-refractivity contribution in [2.75, 3.05) is 6.61 Å². The number of imide groups is 1. The van der Waals surface area contributed by atoms with E-state index in [-0.39, 0.29) is 10.6 Å². The summed E-state index contributed by atoms with van der Waals surface area (Å²) in [6.07, 6.45) is 6.48. The smallest absolute Gasteiger partial charge is 0.340 e. The van der Waals surface area contributed by atoms with Crippen molar-refractivity contribution in [1.82, 2.24) is 10.6 Å². The van der Waals surface area contributed by atoms with Gasteiger partial charge in [0.2, 0.25) is 0 Å². The maximum atomic E-state index is 13.3. The Morgan fingerprint density at radius 2 is 1.59 bits per heavy atom. The van der Waals surface area contributed by atoms with Crippen LogP contribution in [-0.4, -0.2) is 30.1 Å². The van der Waals surface area contributed by atoms with Gasteiger partial charge in [-0.05, 0) is 68.4 Å². The Balaban J connectivity index is 1.28. The van der Waals surface area contributed by atoms with Crippen LogP contribution in [0, 0.1) is 29.4 Å². The Labute approximate surface area is 171 Å². The van der Waals surface area contributed by atoms with E-state index in [2.05, 4.69) is 10.6 Å². The topological polar surface area (TPSA) is 84.5 Å². The lowest BCUT2D eigenvalue weighted by molar-refractivity contribution is -0.123. The van der Waals surface area contributed by atoms with Crippen LogP contribution in [0.4, 0.5) is 13.6 Å². The molecule has 29 heavy (non-hydrogen) atoms. The van der Waals surface area contributed by atoms with E-state index >= 15 is 0 Å². The molecule has 0 aliphatic heterocycles. The van der Waals surface area contributed by atoms with Crippen LogP contribution >= 0.6 is 11.6 Å². The van der Waals surface area contributed by atoms with Crippen molar-refractivity contribution in [1.29, 1.82) is 0 Å². The number of carbonyl (C=O) groups excluding carboxylic acids is 3.